The monoisotopic (exact) mass is 192 g/mol. The first kappa shape index (κ1) is 9.49. The summed E-state index contributed by atoms with van der Waals surface area (Å²) >= 11 is 0. The average molecular weight is 192 g/mol. The van der Waals surface area contributed by atoms with E-state index in [0.29, 0.717) is 0 Å². The Hall–Kier alpha value is -1.06. The third-order valence-electron chi connectivity index (χ3n) is 2.76. The highest BCUT2D eigenvalue weighted by Crippen LogP contribution is 2.19. The molecule has 0 amide bonds. The lowest BCUT2D eigenvalue weighted by atomic mass is 10.1. The minimum Gasteiger partial charge on any atom is -0.371 e. The van der Waals surface area contributed by atoms with Gasteiger partial charge in [0.15, 0.2) is 0 Å². The number of nitrogens with zero attached hydrogens (tertiary/aromatic N) is 1. The molecule has 0 unspecified atom stereocenters. The van der Waals surface area contributed by atoms with Crippen molar-refractivity contribution in [1.29, 1.82) is 0 Å². The number of nitrogens with two attached hydrogens (primary N) is 1. The van der Waals surface area contributed by atoms with Gasteiger partial charge in [-0.25, -0.2) is 5.90 Å². The molecule has 3 nitrogen and oxygen atoms in total. The summed E-state index contributed by atoms with van der Waals surface area (Å²) < 4.78 is 0. The van der Waals surface area contributed by atoms with Gasteiger partial charge in [-0.05, 0) is 25.0 Å². The minimum absolute atomic E-state index is 0.245. The maximum Gasteiger partial charge on any atom is 0.0821 e. The fraction of sp³-hybridized carbons (Fsp3) is 0.455. The van der Waals surface area contributed by atoms with Crippen LogP contribution in [0.5, 0.6) is 0 Å². The molecule has 1 heterocycles. The molecule has 1 aromatic carbocycles. The van der Waals surface area contributed by atoms with Crippen LogP contribution < -0.4 is 10.8 Å². The normalized spacial score (nSPS) is 18.5. The third-order valence-corrected chi connectivity index (χ3v) is 2.76. The number of hydrogen-bond donors (Lipinski definition) is 1. The predicted octanol–water partition coefficient (Wildman–Crippen LogP) is 1.55. The molecule has 1 fully saturated rings. The molecule has 0 atom stereocenters. The second-order valence-electron chi connectivity index (χ2n) is 3.66. The van der Waals surface area contributed by atoms with Crippen LogP contribution in [0.4, 0.5) is 5.69 Å². The van der Waals surface area contributed by atoms with Crippen molar-refractivity contribution < 1.29 is 4.84 Å². The molecular weight excluding hydrogens is 176 g/mol. The molecule has 0 spiro atoms. The molecular formula is C11H16N2O. The van der Waals surface area contributed by atoms with E-state index in [1.54, 1.807) is 0 Å². The summed E-state index contributed by atoms with van der Waals surface area (Å²) in [7, 11) is 0. The van der Waals surface area contributed by atoms with Crippen LogP contribution in [0.2, 0.25) is 0 Å². The van der Waals surface area contributed by atoms with E-state index in [1.807, 2.05) is 6.07 Å². The van der Waals surface area contributed by atoms with Crippen LogP contribution in [0, 0.1) is 0 Å². The maximum absolute atomic E-state index is 5.17. The Morgan fingerprint density at radius 1 is 1.14 bits per heavy atom. The predicted molar refractivity (Wildman–Crippen MR) is 56.9 cm³/mol. The molecule has 1 aliphatic rings. The molecule has 0 bridgehead atoms. The zero-order chi connectivity index (χ0) is 9.80. The van der Waals surface area contributed by atoms with Gasteiger partial charge in [0.25, 0.3) is 0 Å². The van der Waals surface area contributed by atoms with E-state index >= 15 is 0 Å². The van der Waals surface area contributed by atoms with Crippen molar-refractivity contribution in [3.05, 3.63) is 30.3 Å². The van der Waals surface area contributed by atoms with Crippen molar-refractivity contribution in [1.82, 2.24) is 0 Å². The van der Waals surface area contributed by atoms with Crippen molar-refractivity contribution in [2.75, 3.05) is 18.0 Å². The summed E-state index contributed by atoms with van der Waals surface area (Å²) in [5.74, 6) is 5.17. The Labute approximate surface area is 84.4 Å². The summed E-state index contributed by atoms with van der Waals surface area (Å²) in [5.41, 5.74) is 1.29. The highest BCUT2D eigenvalue weighted by atomic mass is 16.6. The van der Waals surface area contributed by atoms with E-state index in [0.717, 1.165) is 25.9 Å². The van der Waals surface area contributed by atoms with E-state index in [9.17, 15) is 0 Å². The first-order chi connectivity index (χ1) is 6.90. The van der Waals surface area contributed by atoms with Crippen molar-refractivity contribution in [2.24, 2.45) is 5.90 Å². The Balaban J connectivity index is 1.96. The van der Waals surface area contributed by atoms with Gasteiger partial charge in [-0.3, -0.25) is 0 Å². The fourth-order valence-corrected chi connectivity index (χ4v) is 1.89. The molecule has 2 rings (SSSR count). The Bertz CT molecular complexity index is 268. The molecule has 0 aliphatic carbocycles. The molecule has 0 saturated carbocycles. The van der Waals surface area contributed by atoms with Gasteiger partial charge >= 0.3 is 0 Å². The average Bonchev–Trinajstić information content (AvgIpc) is 2.30. The van der Waals surface area contributed by atoms with Crippen LogP contribution in [0.1, 0.15) is 12.8 Å². The second kappa shape index (κ2) is 4.44. The zero-order valence-corrected chi connectivity index (χ0v) is 8.23. The van der Waals surface area contributed by atoms with Gasteiger partial charge in [0.2, 0.25) is 0 Å². The van der Waals surface area contributed by atoms with Gasteiger partial charge in [0.1, 0.15) is 0 Å². The standard InChI is InChI=1S/C11H16N2O/c12-14-11-6-8-13(9-7-11)10-4-2-1-3-5-10/h1-5,11H,6-9,12H2. The number of hydrogen-bond acceptors (Lipinski definition) is 3. The molecule has 3 heteroatoms. The summed E-state index contributed by atoms with van der Waals surface area (Å²) in [6.45, 7) is 2.07. The number of benzene rings is 1. The van der Waals surface area contributed by atoms with Crippen LogP contribution in [0.15, 0.2) is 30.3 Å². The largest absolute Gasteiger partial charge is 0.371 e. The van der Waals surface area contributed by atoms with Crippen LogP contribution >= 0.6 is 0 Å². The van der Waals surface area contributed by atoms with Crippen molar-refractivity contribution >= 4 is 5.69 Å². The fourth-order valence-electron chi connectivity index (χ4n) is 1.89. The minimum atomic E-state index is 0.245. The van der Waals surface area contributed by atoms with Gasteiger partial charge < -0.3 is 9.74 Å². The van der Waals surface area contributed by atoms with Gasteiger partial charge in [-0.1, -0.05) is 18.2 Å². The highest BCUT2D eigenvalue weighted by molar-refractivity contribution is 5.46. The molecule has 1 aliphatic heterocycles. The van der Waals surface area contributed by atoms with E-state index in [1.165, 1.54) is 5.69 Å². The SMILES string of the molecule is NOC1CCN(c2ccccc2)CC1. The number of rotatable bonds is 2. The molecule has 14 heavy (non-hydrogen) atoms. The molecule has 0 radical (unpaired) electrons. The van der Waals surface area contributed by atoms with Crippen molar-refractivity contribution in [3.63, 3.8) is 0 Å². The lowest BCUT2D eigenvalue weighted by molar-refractivity contribution is 0.0368. The number of para-hydroxylation sites is 1. The smallest absolute Gasteiger partial charge is 0.0821 e. The van der Waals surface area contributed by atoms with Gasteiger partial charge in [-0.2, -0.15) is 0 Å². The summed E-state index contributed by atoms with van der Waals surface area (Å²) in [6, 6.07) is 10.5. The number of anilines is 1. The van der Waals surface area contributed by atoms with Gasteiger partial charge in [-0.15, -0.1) is 0 Å². The van der Waals surface area contributed by atoms with Crippen LogP contribution in [-0.4, -0.2) is 19.2 Å². The lowest BCUT2D eigenvalue weighted by Crippen LogP contribution is -2.37. The van der Waals surface area contributed by atoms with E-state index in [2.05, 4.69) is 29.2 Å². The lowest BCUT2D eigenvalue weighted by Gasteiger charge is -2.32. The topological polar surface area (TPSA) is 38.5 Å². The molecule has 76 valence electrons. The van der Waals surface area contributed by atoms with Gasteiger partial charge in [0, 0.05) is 18.8 Å². The van der Waals surface area contributed by atoms with Crippen molar-refractivity contribution in [2.45, 2.75) is 18.9 Å². The van der Waals surface area contributed by atoms with E-state index in [4.69, 9.17) is 10.7 Å². The van der Waals surface area contributed by atoms with Gasteiger partial charge in [0.05, 0.1) is 6.10 Å². The third kappa shape index (κ3) is 2.05. The Morgan fingerprint density at radius 3 is 2.36 bits per heavy atom. The molecule has 2 N–H and O–H groups in total. The first-order valence-corrected chi connectivity index (χ1v) is 5.05. The first-order valence-electron chi connectivity index (χ1n) is 5.05. The summed E-state index contributed by atoms with van der Waals surface area (Å²) in [6.07, 6.45) is 2.28. The second-order valence-corrected chi connectivity index (χ2v) is 3.66. The number of piperidine rings is 1. The zero-order valence-electron chi connectivity index (χ0n) is 8.23. The van der Waals surface area contributed by atoms with Crippen LogP contribution in [-0.2, 0) is 4.84 Å². The Kier molecular flexibility index (Phi) is 3.01. The summed E-state index contributed by atoms with van der Waals surface area (Å²) in [5, 5.41) is 0. The van der Waals surface area contributed by atoms with Crippen molar-refractivity contribution in [3.8, 4) is 0 Å². The van der Waals surface area contributed by atoms with E-state index < -0.39 is 0 Å². The van der Waals surface area contributed by atoms with Crippen LogP contribution in [0.3, 0.4) is 0 Å². The summed E-state index contributed by atoms with van der Waals surface area (Å²) in [4.78, 5) is 7.22. The molecule has 0 aromatic heterocycles. The molecule has 1 aromatic rings. The maximum atomic E-state index is 5.17. The molecule has 1 saturated heterocycles. The highest BCUT2D eigenvalue weighted by Gasteiger charge is 2.18. The van der Waals surface area contributed by atoms with Crippen LogP contribution in [0.25, 0.3) is 0 Å². The quantitative estimate of drug-likeness (QED) is 0.722. The van der Waals surface area contributed by atoms with E-state index in [-0.39, 0.29) is 6.10 Å². The Morgan fingerprint density at radius 2 is 1.79 bits per heavy atom.